The van der Waals surface area contributed by atoms with Gasteiger partial charge < -0.3 is 9.84 Å². The second-order valence-corrected chi connectivity index (χ2v) is 5.48. The van der Waals surface area contributed by atoms with Gasteiger partial charge in [0.15, 0.2) is 0 Å². The van der Waals surface area contributed by atoms with E-state index in [1.165, 1.54) is 12.5 Å². The molecule has 0 radical (unpaired) electrons. The zero-order chi connectivity index (χ0) is 14.5. The lowest BCUT2D eigenvalue weighted by Gasteiger charge is -2.35. The number of aliphatic hydroxyl groups excluding tert-OH is 1. The largest absolute Gasteiger partial charge is 0.434 e. The molecule has 2 nitrogen and oxygen atoms in total. The van der Waals surface area contributed by atoms with E-state index in [-0.39, 0.29) is 11.7 Å². The van der Waals surface area contributed by atoms with Crippen LogP contribution in [0.2, 0.25) is 0 Å². The van der Waals surface area contributed by atoms with Crippen LogP contribution in [0.4, 0.5) is 8.78 Å². The highest BCUT2D eigenvalue weighted by atomic mass is 19.3. The number of para-hydroxylation sites is 1. The minimum atomic E-state index is -2.86. The SMILES string of the molecule is CCC1CCCCC1C(O)c1ccccc1OC(F)F. The third-order valence-electron chi connectivity index (χ3n) is 4.35. The molecule has 112 valence electrons. The summed E-state index contributed by atoms with van der Waals surface area (Å²) in [7, 11) is 0. The highest BCUT2D eigenvalue weighted by Crippen LogP contribution is 2.42. The van der Waals surface area contributed by atoms with Crippen LogP contribution in [-0.4, -0.2) is 11.7 Å². The maximum absolute atomic E-state index is 12.4. The van der Waals surface area contributed by atoms with Gasteiger partial charge in [0, 0.05) is 5.56 Å². The molecule has 1 fully saturated rings. The van der Waals surface area contributed by atoms with Crippen molar-refractivity contribution in [2.24, 2.45) is 11.8 Å². The minimum Gasteiger partial charge on any atom is -0.434 e. The Kier molecular flexibility index (Phi) is 5.35. The molecule has 1 saturated carbocycles. The number of benzene rings is 1. The molecule has 1 aliphatic rings. The summed E-state index contributed by atoms with van der Waals surface area (Å²) in [6.07, 6.45) is 4.63. The lowest BCUT2D eigenvalue weighted by molar-refractivity contribution is -0.0530. The number of hydrogen-bond acceptors (Lipinski definition) is 2. The average Bonchev–Trinajstić information content (AvgIpc) is 2.46. The smallest absolute Gasteiger partial charge is 0.387 e. The summed E-state index contributed by atoms with van der Waals surface area (Å²) in [5, 5.41) is 10.6. The van der Waals surface area contributed by atoms with E-state index in [1.807, 2.05) is 0 Å². The van der Waals surface area contributed by atoms with Crippen LogP contribution in [0.1, 0.15) is 50.7 Å². The molecular formula is C16H22F2O2. The number of rotatable bonds is 5. The van der Waals surface area contributed by atoms with E-state index in [2.05, 4.69) is 11.7 Å². The second-order valence-electron chi connectivity index (χ2n) is 5.48. The number of aliphatic hydroxyl groups is 1. The van der Waals surface area contributed by atoms with E-state index in [0.29, 0.717) is 11.5 Å². The van der Waals surface area contributed by atoms with Crippen LogP contribution in [0, 0.1) is 11.8 Å². The zero-order valence-electron chi connectivity index (χ0n) is 11.8. The predicted octanol–water partition coefficient (Wildman–Crippen LogP) is 4.54. The maximum Gasteiger partial charge on any atom is 0.387 e. The molecule has 0 aliphatic heterocycles. The number of halogens is 2. The Hall–Kier alpha value is -1.16. The highest BCUT2D eigenvalue weighted by molar-refractivity contribution is 5.35. The molecule has 2 rings (SSSR count). The topological polar surface area (TPSA) is 29.5 Å². The molecule has 0 bridgehead atoms. The van der Waals surface area contributed by atoms with E-state index < -0.39 is 12.7 Å². The summed E-state index contributed by atoms with van der Waals surface area (Å²) < 4.78 is 29.4. The van der Waals surface area contributed by atoms with Crippen molar-refractivity contribution < 1.29 is 18.6 Å². The lowest BCUT2D eigenvalue weighted by Crippen LogP contribution is -2.25. The van der Waals surface area contributed by atoms with Gasteiger partial charge in [0.25, 0.3) is 0 Å². The molecular weight excluding hydrogens is 262 g/mol. The van der Waals surface area contributed by atoms with E-state index in [4.69, 9.17) is 0 Å². The number of hydrogen-bond donors (Lipinski definition) is 1. The molecule has 3 atom stereocenters. The Bertz CT molecular complexity index is 423. The van der Waals surface area contributed by atoms with Crippen LogP contribution in [0.25, 0.3) is 0 Å². The van der Waals surface area contributed by atoms with Gasteiger partial charge in [-0.1, -0.05) is 50.8 Å². The van der Waals surface area contributed by atoms with E-state index >= 15 is 0 Å². The Morgan fingerprint density at radius 1 is 1.25 bits per heavy atom. The summed E-state index contributed by atoms with van der Waals surface area (Å²) in [5.74, 6) is 0.685. The van der Waals surface area contributed by atoms with E-state index in [1.54, 1.807) is 18.2 Å². The minimum absolute atomic E-state index is 0.0930. The molecule has 1 aliphatic carbocycles. The van der Waals surface area contributed by atoms with Crippen molar-refractivity contribution in [3.8, 4) is 5.75 Å². The summed E-state index contributed by atoms with van der Waals surface area (Å²) >= 11 is 0. The van der Waals surface area contributed by atoms with Crippen LogP contribution in [-0.2, 0) is 0 Å². The van der Waals surface area contributed by atoms with Gasteiger partial charge in [-0.05, 0) is 24.3 Å². The summed E-state index contributed by atoms with van der Waals surface area (Å²) in [5.41, 5.74) is 0.484. The van der Waals surface area contributed by atoms with Crippen LogP contribution < -0.4 is 4.74 Å². The van der Waals surface area contributed by atoms with Crippen molar-refractivity contribution in [3.05, 3.63) is 29.8 Å². The first-order valence-corrected chi connectivity index (χ1v) is 7.35. The summed E-state index contributed by atoms with van der Waals surface area (Å²) in [4.78, 5) is 0. The molecule has 1 N–H and O–H groups in total. The summed E-state index contributed by atoms with van der Waals surface area (Å²) in [6, 6.07) is 6.57. The monoisotopic (exact) mass is 284 g/mol. The molecule has 1 aromatic carbocycles. The lowest BCUT2D eigenvalue weighted by atomic mass is 9.73. The first-order chi connectivity index (χ1) is 9.63. The highest BCUT2D eigenvalue weighted by Gasteiger charge is 2.32. The van der Waals surface area contributed by atoms with Gasteiger partial charge in [-0.15, -0.1) is 0 Å². The van der Waals surface area contributed by atoms with Gasteiger partial charge in [0.05, 0.1) is 6.10 Å². The van der Waals surface area contributed by atoms with Gasteiger partial charge >= 0.3 is 6.61 Å². The molecule has 0 saturated heterocycles. The summed E-state index contributed by atoms with van der Waals surface area (Å²) in [6.45, 7) is -0.742. The Labute approximate surface area is 118 Å². The van der Waals surface area contributed by atoms with Gasteiger partial charge in [0.1, 0.15) is 5.75 Å². The standard InChI is InChI=1S/C16H22F2O2/c1-2-11-7-3-4-8-12(11)15(19)13-9-5-6-10-14(13)20-16(17)18/h5-6,9-12,15-16,19H,2-4,7-8H2,1H3. The van der Waals surface area contributed by atoms with Gasteiger partial charge in [0.2, 0.25) is 0 Å². The molecule has 0 spiro atoms. The van der Waals surface area contributed by atoms with Crippen LogP contribution in [0.5, 0.6) is 5.75 Å². The molecule has 20 heavy (non-hydrogen) atoms. The third kappa shape index (κ3) is 3.48. The normalized spacial score (nSPS) is 24.6. The van der Waals surface area contributed by atoms with Crippen molar-refractivity contribution in [2.45, 2.75) is 51.7 Å². The molecule has 0 heterocycles. The maximum atomic E-state index is 12.4. The molecule has 1 aromatic rings. The van der Waals surface area contributed by atoms with Crippen molar-refractivity contribution in [1.82, 2.24) is 0 Å². The quantitative estimate of drug-likeness (QED) is 0.860. The Morgan fingerprint density at radius 2 is 1.95 bits per heavy atom. The molecule has 0 aromatic heterocycles. The third-order valence-corrected chi connectivity index (χ3v) is 4.35. The van der Waals surface area contributed by atoms with Crippen LogP contribution in [0.3, 0.4) is 0 Å². The van der Waals surface area contributed by atoms with Crippen LogP contribution >= 0.6 is 0 Å². The first-order valence-electron chi connectivity index (χ1n) is 7.35. The number of alkyl halides is 2. The first kappa shape index (κ1) is 15.2. The fourth-order valence-electron chi connectivity index (χ4n) is 3.32. The Morgan fingerprint density at radius 3 is 2.65 bits per heavy atom. The zero-order valence-corrected chi connectivity index (χ0v) is 11.8. The molecule has 3 unspecified atom stereocenters. The Balaban J connectivity index is 2.21. The van der Waals surface area contributed by atoms with E-state index in [9.17, 15) is 13.9 Å². The van der Waals surface area contributed by atoms with Crippen molar-refractivity contribution >= 4 is 0 Å². The van der Waals surface area contributed by atoms with Crippen LogP contribution in [0.15, 0.2) is 24.3 Å². The van der Waals surface area contributed by atoms with Gasteiger partial charge in [-0.3, -0.25) is 0 Å². The van der Waals surface area contributed by atoms with Crippen molar-refractivity contribution in [3.63, 3.8) is 0 Å². The molecule has 4 heteroatoms. The van der Waals surface area contributed by atoms with Gasteiger partial charge in [-0.25, -0.2) is 0 Å². The molecule has 0 amide bonds. The predicted molar refractivity (Wildman–Crippen MR) is 73.8 cm³/mol. The number of ether oxygens (including phenoxy) is 1. The average molecular weight is 284 g/mol. The fraction of sp³-hybridized carbons (Fsp3) is 0.625. The van der Waals surface area contributed by atoms with Crippen molar-refractivity contribution in [1.29, 1.82) is 0 Å². The van der Waals surface area contributed by atoms with E-state index in [0.717, 1.165) is 25.7 Å². The van der Waals surface area contributed by atoms with Crippen molar-refractivity contribution in [2.75, 3.05) is 0 Å². The fourth-order valence-corrected chi connectivity index (χ4v) is 3.32. The second kappa shape index (κ2) is 7.02. The van der Waals surface area contributed by atoms with Gasteiger partial charge in [-0.2, -0.15) is 8.78 Å².